The van der Waals surface area contributed by atoms with Gasteiger partial charge in [0.25, 0.3) is 5.91 Å². The van der Waals surface area contributed by atoms with Gasteiger partial charge in [-0.1, -0.05) is 36.6 Å². The fourth-order valence-corrected chi connectivity index (χ4v) is 4.79. The van der Waals surface area contributed by atoms with Crippen molar-refractivity contribution in [3.63, 3.8) is 0 Å². The Morgan fingerprint density at radius 2 is 2.00 bits per heavy atom. The van der Waals surface area contributed by atoms with E-state index in [0.29, 0.717) is 29.3 Å². The molecule has 1 aromatic carbocycles. The predicted molar refractivity (Wildman–Crippen MR) is 116 cm³/mol. The minimum atomic E-state index is -3.46. The van der Waals surface area contributed by atoms with Crippen LogP contribution in [0.1, 0.15) is 36.9 Å². The molecule has 0 unspecified atom stereocenters. The molecule has 1 N–H and O–H groups in total. The lowest BCUT2D eigenvalue weighted by Gasteiger charge is -2.13. The molecule has 1 aliphatic carbocycles. The normalized spacial score (nSPS) is 15.4. The molecule has 2 aromatic rings. The van der Waals surface area contributed by atoms with Crippen LogP contribution in [0.3, 0.4) is 0 Å². The Morgan fingerprint density at radius 1 is 1.27 bits per heavy atom. The zero-order valence-electron chi connectivity index (χ0n) is 16.9. The van der Waals surface area contributed by atoms with Gasteiger partial charge in [0.15, 0.2) is 15.7 Å². The van der Waals surface area contributed by atoms with E-state index in [4.69, 9.17) is 16.3 Å². The van der Waals surface area contributed by atoms with Crippen molar-refractivity contribution in [2.75, 3.05) is 18.7 Å². The molecule has 160 valence electrons. The highest BCUT2D eigenvalue weighted by molar-refractivity contribution is 7.90. The van der Waals surface area contributed by atoms with E-state index in [1.165, 1.54) is 24.5 Å². The molecule has 0 atom stereocenters. The van der Waals surface area contributed by atoms with E-state index in [1.807, 2.05) is 6.08 Å². The number of sulfone groups is 1. The molecule has 30 heavy (non-hydrogen) atoms. The van der Waals surface area contributed by atoms with Crippen molar-refractivity contribution in [2.24, 2.45) is 5.92 Å². The van der Waals surface area contributed by atoms with Gasteiger partial charge in [-0.25, -0.2) is 13.4 Å². The highest BCUT2D eigenvalue weighted by atomic mass is 35.5. The smallest absolute Gasteiger partial charge is 0.257 e. The number of carbonyl (C=O) groups is 1. The zero-order chi connectivity index (χ0) is 21.7. The van der Waals surface area contributed by atoms with Gasteiger partial charge in [0.2, 0.25) is 0 Å². The molecule has 0 aliphatic heterocycles. The second-order valence-corrected chi connectivity index (χ2v) is 9.71. The molecule has 0 radical (unpaired) electrons. The summed E-state index contributed by atoms with van der Waals surface area (Å²) in [7, 11) is -1.89. The van der Waals surface area contributed by atoms with Crippen molar-refractivity contribution in [1.29, 1.82) is 0 Å². The SMILES string of the molecule is COCc1cnc(NC(=O)/C(=C/C2CCCC2)c2ccc(S(C)(=O)=O)c(Cl)c2)cn1. The predicted octanol–water partition coefficient (Wildman–Crippen LogP) is 3.89. The minimum absolute atomic E-state index is 0.0353. The maximum absolute atomic E-state index is 13.1. The van der Waals surface area contributed by atoms with Crippen LogP contribution < -0.4 is 5.32 Å². The number of nitrogens with one attached hydrogen (secondary N) is 1. The molecule has 0 spiro atoms. The first-order valence-corrected chi connectivity index (χ1v) is 11.9. The summed E-state index contributed by atoms with van der Waals surface area (Å²) in [5, 5.41) is 2.85. The number of halogens is 1. The van der Waals surface area contributed by atoms with E-state index in [1.54, 1.807) is 13.2 Å². The number of rotatable bonds is 7. The Kier molecular flexibility index (Phi) is 7.23. The van der Waals surface area contributed by atoms with Crippen molar-refractivity contribution in [2.45, 2.75) is 37.2 Å². The average Bonchev–Trinajstić information content (AvgIpc) is 3.20. The lowest BCUT2D eigenvalue weighted by atomic mass is 9.98. The highest BCUT2D eigenvalue weighted by Crippen LogP contribution is 2.32. The third kappa shape index (κ3) is 5.65. The number of methoxy groups -OCH3 is 1. The van der Waals surface area contributed by atoms with E-state index in [-0.39, 0.29) is 21.7 Å². The molecule has 7 nitrogen and oxygen atoms in total. The van der Waals surface area contributed by atoms with Crippen LogP contribution in [-0.4, -0.2) is 37.7 Å². The second kappa shape index (κ2) is 9.68. The van der Waals surface area contributed by atoms with Gasteiger partial charge in [-0.05, 0) is 36.5 Å². The molecular weight excluding hydrogens is 426 g/mol. The summed E-state index contributed by atoms with van der Waals surface area (Å²) >= 11 is 6.21. The Balaban J connectivity index is 1.91. The molecule has 0 bridgehead atoms. The van der Waals surface area contributed by atoms with Gasteiger partial charge < -0.3 is 10.1 Å². The van der Waals surface area contributed by atoms with E-state index in [9.17, 15) is 13.2 Å². The number of carbonyl (C=O) groups excluding carboxylic acids is 1. The van der Waals surface area contributed by atoms with Gasteiger partial charge in [0.1, 0.15) is 0 Å². The van der Waals surface area contributed by atoms with E-state index in [0.717, 1.165) is 31.9 Å². The fraction of sp³-hybridized carbons (Fsp3) is 0.381. The van der Waals surface area contributed by atoms with Crippen LogP contribution in [-0.2, 0) is 26.0 Å². The molecule has 1 aliphatic rings. The molecule has 1 amide bonds. The fourth-order valence-electron chi connectivity index (χ4n) is 3.46. The van der Waals surface area contributed by atoms with Gasteiger partial charge in [-0.2, -0.15) is 0 Å². The maximum Gasteiger partial charge on any atom is 0.257 e. The largest absolute Gasteiger partial charge is 0.378 e. The number of anilines is 1. The Hall–Kier alpha value is -2.29. The van der Waals surface area contributed by atoms with Crippen molar-refractivity contribution < 1.29 is 17.9 Å². The van der Waals surface area contributed by atoms with Gasteiger partial charge in [-0.15, -0.1) is 0 Å². The maximum atomic E-state index is 13.1. The Morgan fingerprint density at radius 3 is 2.57 bits per heavy atom. The third-order valence-corrected chi connectivity index (χ3v) is 6.51. The quantitative estimate of drug-likeness (QED) is 0.644. The summed E-state index contributed by atoms with van der Waals surface area (Å²) in [6, 6.07) is 4.56. The molecule has 0 saturated heterocycles. The molecule has 1 saturated carbocycles. The second-order valence-electron chi connectivity index (χ2n) is 7.32. The number of aromatic nitrogens is 2. The number of hydrogen-bond acceptors (Lipinski definition) is 6. The van der Waals surface area contributed by atoms with Crippen molar-refractivity contribution in [3.05, 3.63) is 52.9 Å². The third-order valence-electron chi connectivity index (χ3n) is 4.93. The van der Waals surface area contributed by atoms with Gasteiger partial charge >= 0.3 is 0 Å². The van der Waals surface area contributed by atoms with Gasteiger partial charge in [0, 0.05) is 18.9 Å². The summed E-state index contributed by atoms with van der Waals surface area (Å²) in [5.41, 5.74) is 1.65. The number of hydrogen-bond donors (Lipinski definition) is 1. The van der Waals surface area contributed by atoms with E-state index in [2.05, 4.69) is 15.3 Å². The Labute approximate surface area is 181 Å². The van der Waals surface area contributed by atoms with Crippen LogP contribution in [0, 0.1) is 5.92 Å². The highest BCUT2D eigenvalue weighted by Gasteiger charge is 2.21. The van der Waals surface area contributed by atoms with Crippen molar-refractivity contribution >= 4 is 38.7 Å². The first-order valence-electron chi connectivity index (χ1n) is 9.61. The van der Waals surface area contributed by atoms with Crippen LogP contribution in [0.15, 0.2) is 41.6 Å². The first-order chi connectivity index (χ1) is 14.3. The number of nitrogens with zero attached hydrogens (tertiary/aromatic N) is 2. The summed E-state index contributed by atoms with van der Waals surface area (Å²) in [6.45, 7) is 0.333. The summed E-state index contributed by atoms with van der Waals surface area (Å²) < 4.78 is 28.7. The van der Waals surface area contributed by atoms with E-state index < -0.39 is 9.84 Å². The first kappa shape index (κ1) is 22.4. The molecule has 3 rings (SSSR count). The van der Waals surface area contributed by atoms with Crippen molar-refractivity contribution in [1.82, 2.24) is 9.97 Å². The van der Waals surface area contributed by atoms with Crippen LogP contribution in [0.5, 0.6) is 0 Å². The van der Waals surface area contributed by atoms with Gasteiger partial charge in [0.05, 0.1) is 34.6 Å². The Bertz CT molecular complexity index is 1050. The summed E-state index contributed by atoms with van der Waals surface area (Å²) in [4.78, 5) is 21.5. The molecule has 1 aromatic heterocycles. The number of allylic oxidation sites excluding steroid dienone is 1. The topological polar surface area (TPSA) is 98.2 Å². The number of amides is 1. The lowest BCUT2D eigenvalue weighted by molar-refractivity contribution is -0.111. The van der Waals surface area contributed by atoms with Crippen LogP contribution in [0.2, 0.25) is 5.02 Å². The summed E-state index contributed by atoms with van der Waals surface area (Å²) in [6.07, 6.45) is 10.3. The van der Waals surface area contributed by atoms with Crippen LogP contribution in [0.25, 0.3) is 5.57 Å². The minimum Gasteiger partial charge on any atom is -0.378 e. The zero-order valence-corrected chi connectivity index (χ0v) is 18.5. The molecule has 9 heteroatoms. The van der Waals surface area contributed by atoms with Crippen molar-refractivity contribution in [3.8, 4) is 0 Å². The van der Waals surface area contributed by atoms with Crippen LogP contribution >= 0.6 is 11.6 Å². The van der Waals surface area contributed by atoms with Crippen LogP contribution in [0.4, 0.5) is 5.82 Å². The monoisotopic (exact) mass is 449 g/mol. The number of ether oxygens (including phenoxy) is 1. The number of benzene rings is 1. The molecular formula is C21H24ClN3O4S. The standard InChI is InChI=1S/C21H24ClN3O4S/c1-29-13-16-11-24-20(12-23-16)25-21(26)17(9-14-5-3-4-6-14)15-7-8-19(18(22)10-15)30(2,27)28/h7-12,14H,3-6,13H2,1-2H3,(H,24,25,26)/b17-9+. The lowest BCUT2D eigenvalue weighted by Crippen LogP contribution is -2.16. The average molecular weight is 450 g/mol. The summed E-state index contributed by atoms with van der Waals surface area (Å²) in [5.74, 6) is 0.254. The van der Waals surface area contributed by atoms with E-state index >= 15 is 0 Å². The molecule has 1 heterocycles. The van der Waals surface area contributed by atoms with Gasteiger partial charge in [-0.3, -0.25) is 9.78 Å². The molecule has 1 fully saturated rings.